The van der Waals surface area contributed by atoms with Crippen LogP contribution in [0.5, 0.6) is 0 Å². The van der Waals surface area contributed by atoms with E-state index in [9.17, 15) is 9.90 Å². The number of carbonyl (C=O) groups is 1. The summed E-state index contributed by atoms with van der Waals surface area (Å²) in [5, 5.41) is 19.1. The molecular weight excluding hydrogens is 172 g/mol. The van der Waals surface area contributed by atoms with Crippen LogP contribution in [0.3, 0.4) is 0 Å². The number of rotatable bonds is 1. The van der Waals surface area contributed by atoms with Crippen molar-refractivity contribution in [3.8, 4) is 0 Å². The van der Waals surface area contributed by atoms with Gasteiger partial charge < -0.3 is 14.9 Å². The van der Waals surface area contributed by atoms with Gasteiger partial charge >= 0.3 is 5.97 Å². The van der Waals surface area contributed by atoms with Crippen LogP contribution in [-0.4, -0.2) is 34.5 Å². The fraction of sp³-hybridized carbons (Fsp3) is 0.667. The van der Waals surface area contributed by atoms with Crippen molar-refractivity contribution in [1.29, 1.82) is 0 Å². The third-order valence-electron chi connectivity index (χ3n) is 3.09. The number of ether oxygens (including phenoxy) is 1. The fourth-order valence-corrected chi connectivity index (χ4v) is 2.24. The fourth-order valence-electron chi connectivity index (χ4n) is 2.24. The summed E-state index contributed by atoms with van der Waals surface area (Å²) in [6, 6.07) is 0. The summed E-state index contributed by atoms with van der Waals surface area (Å²) in [7, 11) is 0. The van der Waals surface area contributed by atoms with Gasteiger partial charge in [0.25, 0.3) is 0 Å². The van der Waals surface area contributed by atoms with Crippen LogP contribution in [0.4, 0.5) is 0 Å². The molecule has 2 aliphatic rings. The molecule has 4 heteroatoms. The number of aliphatic hydroxyl groups excluding tert-OH is 1. The predicted octanol–water partition coefficient (Wildman–Crippen LogP) is -0.399. The van der Waals surface area contributed by atoms with E-state index in [1.807, 2.05) is 0 Å². The molecule has 0 spiro atoms. The third-order valence-corrected chi connectivity index (χ3v) is 3.09. The number of esters is 1. The molecule has 3 atom stereocenters. The molecule has 0 aromatic rings. The first-order valence-corrected chi connectivity index (χ1v) is 4.34. The highest BCUT2D eigenvalue weighted by atomic mass is 16.6. The van der Waals surface area contributed by atoms with Crippen molar-refractivity contribution in [1.82, 2.24) is 0 Å². The summed E-state index contributed by atoms with van der Waals surface area (Å²) in [6.07, 6.45) is 0.779. The van der Waals surface area contributed by atoms with E-state index in [4.69, 9.17) is 9.84 Å². The monoisotopic (exact) mass is 184 g/mol. The zero-order valence-electron chi connectivity index (χ0n) is 7.19. The van der Waals surface area contributed by atoms with E-state index >= 15 is 0 Å². The topological polar surface area (TPSA) is 66.8 Å². The summed E-state index contributed by atoms with van der Waals surface area (Å²) in [4.78, 5) is 11.1. The minimum absolute atomic E-state index is 0.0917. The molecular formula is C9H12O4. The van der Waals surface area contributed by atoms with Gasteiger partial charge in [-0.15, -0.1) is 0 Å². The highest BCUT2D eigenvalue weighted by molar-refractivity contribution is 5.93. The van der Waals surface area contributed by atoms with Crippen molar-refractivity contribution in [3.63, 3.8) is 0 Å². The van der Waals surface area contributed by atoms with Gasteiger partial charge in [0.1, 0.15) is 11.7 Å². The second kappa shape index (κ2) is 2.56. The van der Waals surface area contributed by atoms with Crippen molar-refractivity contribution >= 4 is 5.97 Å². The smallest absolute Gasteiger partial charge is 0.336 e. The molecule has 2 rings (SSSR count). The van der Waals surface area contributed by atoms with Crippen LogP contribution in [0.25, 0.3) is 0 Å². The number of fused-ring (bicyclic) bond motifs is 1. The lowest BCUT2D eigenvalue weighted by Gasteiger charge is -2.26. The third kappa shape index (κ3) is 0.899. The Morgan fingerprint density at radius 3 is 2.92 bits per heavy atom. The minimum Gasteiger partial charge on any atom is -0.455 e. The lowest BCUT2D eigenvalue weighted by Crippen LogP contribution is -2.42. The predicted molar refractivity (Wildman–Crippen MR) is 43.8 cm³/mol. The summed E-state index contributed by atoms with van der Waals surface area (Å²) < 4.78 is 4.93. The molecule has 4 nitrogen and oxygen atoms in total. The Hall–Kier alpha value is -0.870. The number of aliphatic hydroxyl groups is 2. The zero-order chi connectivity index (χ0) is 9.64. The number of carbonyl (C=O) groups excluding carboxylic acids is 1. The molecule has 0 radical (unpaired) electrons. The lowest BCUT2D eigenvalue weighted by molar-refractivity contribution is -0.140. The average molecular weight is 184 g/mol. The van der Waals surface area contributed by atoms with E-state index in [1.165, 1.54) is 0 Å². The first-order chi connectivity index (χ1) is 6.10. The zero-order valence-corrected chi connectivity index (χ0v) is 7.19. The van der Waals surface area contributed by atoms with Crippen molar-refractivity contribution in [2.24, 2.45) is 5.92 Å². The van der Waals surface area contributed by atoms with Crippen LogP contribution in [0.15, 0.2) is 12.2 Å². The summed E-state index contributed by atoms with van der Waals surface area (Å²) in [5.74, 6) is -0.845. The summed E-state index contributed by atoms with van der Waals surface area (Å²) in [6.45, 7) is 3.38. The van der Waals surface area contributed by atoms with Crippen LogP contribution in [0.2, 0.25) is 0 Å². The molecule has 0 aromatic carbocycles. The van der Waals surface area contributed by atoms with E-state index in [1.54, 1.807) is 0 Å². The van der Waals surface area contributed by atoms with E-state index in [2.05, 4.69) is 6.58 Å². The molecule has 1 aliphatic heterocycles. The average Bonchev–Trinajstić information content (AvgIpc) is 2.52. The lowest BCUT2D eigenvalue weighted by atomic mass is 9.85. The second-order valence-corrected chi connectivity index (χ2v) is 3.65. The number of hydrogen-bond donors (Lipinski definition) is 2. The van der Waals surface area contributed by atoms with Gasteiger partial charge in [0.05, 0.1) is 5.57 Å². The van der Waals surface area contributed by atoms with Gasteiger partial charge in [-0.25, -0.2) is 4.79 Å². The first kappa shape index (κ1) is 8.72. The molecule has 72 valence electrons. The molecule has 1 aliphatic carbocycles. The maximum Gasteiger partial charge on any atom is 0.336 e. The Kier molecular flexibility index (Phi) is 1.72. The molecule has 13 heavy (non-hydrogen) atoms. The Balaban J connectivity index is 2.36. The molecule has 1 heterocycles. The molecule has 0 aromatic heterocycles. The van der Waals surface area contributed by atoms with E-state index in [0.29, 0.717) is 12.8 Å². The highest BCUT2D eigenvalue weighted by Crippen LogP contribution is 2.46. The van der Waals surface area contributed by atoms with Crippen molar-refractivity contribution in [2.45, 2.75) is 24.5 Å². The van der Waals surface area contributed by atoms with E-state index in [-0.39, 0.29) is 18.1 Å². The Morgan fingerprint density at radius 2 is 2.31 bits per heavy atom. The molecule has 2 N–H and O–H groups in total. The second-order valence-electron chi connectivity index (χ2n) is 3.65. The molecule has 0 unspecified atom stereocenters. The normalized spacial score (nSPS) is 43.5. The van der Waals surface area contributed by atoms with Gasteiger partial charge in [0.2, 0.25) is 0 Å². The largest absolute Gasteiger partial charge is 0.455 e. The quantitative estimate of drug-likeness (QED) is 0.430. The Labute approximate surface area is 75.8 Å². The van der Waals surface area contributed by atoms with Crippen LogP contribution in [-0.2, 0) is 9.53 Å². The van der Waals surface area contributed by atoms with Crippen LogP contribution in [0.1, 0.15) is 12.8 Å². The van der Waals surface area contributed by atoms with Gasteiger partial charge in [0, 0.05) is 12.5 Å². The van der Waals surface area contributed by atoms with Crippen LogP contribution in [0, 0.1) is 5.92 Å². The number of hydrogen-bond acceptors (Lipinski definition) is 4. The van der Waals surface area contributed by atoms with Crippen LogP contribution < -0.4 is 0 Å². The minimum atomic E-state index is -1.31. The van der Waals surface area contributed by atoms with Gasteiger partial charge in [-0.1, -0.05) is 6.58 Å². The van der Waals surface area contributed by atoms with Gasteiger partial charge in [-0.2, -0.15) is 0 Å². The first-order valence-electron chi connectivity index (χ1n) is 4.34. The highest BCUT2D eigenvalue weighted by Gasteiger charge is 2.59. The van der Waals surface area contributed by atoms with Gasteiger partial charge in [-0.3, -0.25) is 0 Å². The molecule has 2 fully saturated rings. The van der Waals surface area contributed by atoms with Gasteiger partial charge in [0.15, 0.2) is 0 Å². The maximum absolute atomic E-state index is 11.1. The van der Waals surface area contributed by atoms with Crippen LogP contribution >= 0.6 is 0 Å². The molecule has 1 saturated heterocycles. The van der Waals surface area contributed by atoms with Crippen molar-refractivity contribution < 1.29 is 19.7 Å². The molecule has 0 bridgehead atoms. The summed E-state index contributed by atoms with van der Waals surface area (Å²) >= 11 is 0. The summed E-state index contributed by atoms with van der Waals surface area (Å²) in [5.41, 5.74) is -1.22. The van der Waals surface area contributed by atoms with Crippen molar-refractivity contribution in [3.05, 3.63) is 12.2 Å². The molecule has 1 saturated carbocycles. The van der Waals surface area contributed by atoms with E-state index in [0.717, 1.165) is 0 Å². The Morgan fingerprint density at radius 1 is 1.62 bits per heavy atom. The van der Waals surface area contributed by atoms with Crippen molar-refractivity contribution in [2.75, 3.05) is 6.61 Å². The maximum atomic E-state index is 11.1. The standard InChI is InChI=1S/C9H12O4/c1-5-8(11)13-7-3-2-6(4-10)9(5,7)12/h6-7,10,12H,1-4H2/t6-,7-,9-/m1/s1. The molecule has 0 amide bonds. The Bertz CT molecular complexity index is 273. The van der Waals surface area contributed by atoms with Gasteiger partial charge in [-0.05, 0) is 12.8 Å². The SMILES string of the molecule is C=C1C(=O)O[C@@H]2CC[C@H](CO)[C@]12O. The van der Waals surface area contributed by atoms with E-state index < -0.39 is 17.7 Å².